The van der Waals surface area contributed by atoms with Gasteiger partial charge in [-0.15, -0.1) is 11.3 Å². The number of carbonyl (C=O) groups is 1. The first-order chi connectivity index (χ1) is 16.7. The van der Waals surface area contributed by atoms with Gasteiger partial charge in [-0.25, -0.2) is 14.8 Å². The number of benzene rings is 1. The first-order valence-corrected chi connectivity index (χ1v) is 12.8. The second kappa shape index (κ2) is 10.4. The minimum atomic E-state index is -0.296. The van der Waals surface area contributed by atoms with E-state index in [0.29, 0.717) is 0 Å². The third-order valence-corrected chi connectivity index (χ3v) is 7.13. The van der Waals surface area contributed by atoms with E-state index in [1.54, 1.807) is 10.4 Å². The Morgan fingerprint density at radius 1 is 1.15 bits per heavy atom. The number of piperidine rings is 1. The van der Waals surface area contributed by atoms with E-state index in [1.165, 1.54) is 24.2 Å². The fraction of sp³-hybridized carbons (Fsp3) is 0.423. The van der Waals surface area contributed by atoms with E-state index < -0.39 is 0 Å². The normalized spacial score (nSPS) is 16.3. The van der Waals surface area contributed by atoms with Crippen LogP contribution in [0.25, 0.3) is 11.3 Å². The molecule has 0 radical (unpaired) electrons. The second-order valence-electron chi connectivity index (χ2n) is 9.03. The van der Waals surface area contributed by atoms with Gasteiger partial charge in [0.2, 0.25) is 0 Å². The Morgan fingerprint density at radius 2 is 1.97 bits per heavy atom. The predicted octanol–water partition coefficient (Wildman–Crippen LogP) is 5.23. The number of hydrogen-bond acceptors (Lipinski definition) is 7. The summed E-state index contributed by atoms with van der Waals surface area (Å²) in [5, 5.41) is 1.89. The van der Waals surface area contributed by atoms with Gasteiger partial charge in [0.25, 0.3) is 0 Å². The molecule has 3 aromatic rings. The fourth-order valence-corrected chi connectivity index (χ4v) is 4.72. The van der Waals surface area contributed by atoms with Crippen LogP contribution in [0.1, 0.15) is 31.4 Å². The van der Waals surface area contributed by atoms with E-state index in [2.05, 4.69) is 34.1 Å². The largest absolute Gasteiger partial charge is 0.493 e. The van der Waals surface area contributed by atoms with Gasteiger partial charge in [0.15, 0.2) is 0 Å². The number of anilines is 1. The number of amides is 1. The molecule has 1 aromatic carbocycles. The summed E-state index contributed by atoms with van der Waals surface area (Å²) in [5.41, 5.74) is 4.53. The van der Waals surface area contributed by atoms with Crippen molar-refractivity contribution < 1.29 is 14.3 Å². The van der Waals surface area contributed by atoms with Crippen molar-refractivity contribution in [2.24, 2.45) is 5.92 Å². The highest BCUT2D eigenvalue weighted by Gasteiger charge is 2.27. The summed E-state index contributed by atoms with van der Waals surface area (Å²) >= 11 is 1.50. The summed E-state index contributed by atoms with van der Waals surface area (Å²) in [4.78, 5) is 25.6. The third-order valence-electron chi connectivity index (χ3n) is 6.50. The van der Waals surface area contributed by atoms with Gasteiger partial charge >= 0.3 is 6.09 Å². The van der Waals surface area contributed by atoms with E-state index >= 15 is 0 Å². The van der Waals surface area contributed by atoms with Crippen LogP contribution in [-0.4, -0.2) is 53.7 Å². The Labute approximate surface area is 204 Å². The molecule has 1 saturated heterocycles. The van der Waals surface area contributed by atoms with Crippen LogP contribution in [-0.2, 0) is 11.3 Å². The molecule has 5 rings (SSSR count). The van der Waals surface area contributed by atoms with E-state index in [4.69, 9.17) is 14.5 Å². The number of aromatic nitrogens is 2. The molecular weight excluding hydrogens is 448 g/mol. The number of hydrogen-bond donors (Lipinski definition) is 0. The maximum absolute atomic E-state index is 12.4. The molecule has 1 saturated carbocycles. The maximum Gasteiger partial charge on any atom is 0.410 e. The zero-order valence-electron chi connectivity index (χ0n) is 19.4. The van der Waals surface area contributed by atoms with Crippen LogP contribution < -0.4 is 9.64 Å². The molecule has 0 unspecified atom stereocenters. The number of nitrogens with zero attached hydrogens (tertiary/aromatic N) is 4. The van der Waals surface area contributed by atoms with Gasteiger partial charge in [0, 0.05) is 37.1 Å². The van der Waals surface area contributed by atoms with E-state index in [9.17, 15) is 4.79 Å². The van der Waals surface area contributed by atoms with E-state index in [1.807, 2.05) is 30.6 Å². The number of ether oxygens (including phenoxy) is 2. The summed E-state index contributed by atoms with van der Waals surface area (Å²) in [7, 11) is 1.82. The highest BCUT2D eigenvalue weighted by molar-refractivity contribution is 7.07. The first-order valence-electron chi connectivity index (χ1n) is 11.9. The predicted molar refractivity (Wildman–Crippen MR) is 133 cm³/mol. The summed E-state index contributed by atoms with van der Waals surface area (Å²) in [5.74, 6) is 2.60. The average molecular weight is 479 g/mol. The van der Waals surface area contributed by atoms with Crippen LogP contribution in [0, 0.1) is 5.92 Å². The van der Waals surface area contributed by atoms with Crippen molar-refractivity contribution in [2.75, 3.05) is 31.6 Å². The van der Waals surface area contributed by atoms with Crippen molar-refractivity contribution in [1.82, 2.24) is 14.9 Å². The lowest BCUT2D eigenvalue weighted by atomic mass is 10.0. The van der Waals surface area contributed by atoms with Gasteiger partial charge in [0.1, 0.15) is 18.2 Å². The zero-order valence-corrected chi connectivity index (χ0v) is 20.2. The molecule has 0 spiro atoms. The summed E-state index contributed by atoms with van der Waals surface area (Å²) in [6, 6.07) is 14.5. The van der Waals surface area contributed by atoms with Gasteiger partial charge in [-0.2, -0.15) is 0 Å². The van der Waals surface area contributed by atoms with Gasteiger partial charge in [-0.1, -0.05) is 18.2 Å². The van der Waals surface area contributed by atoms with E-state index in [-0.39, 0.29) is 18.7 Å². The number of thiazole rings is 1. The SMILES string of the molecule is CN(C(=O)OCc1cscn1)C1CCN(c2cccc(-c3cccc(OCC4CC4)c3)n2)CC1. The van der Waals surface area contributed by atoms with Crippen molar-refractivity contribution in [3.63, 3.8) is 0 Å². The molecule has 2 aliphatic rings. The van der Waals surface area contributed by atoms with Crippen molar-refractivity contribution in [1.29, 1.82) is 0 Å². The lowest BCUT2D eigenvalue weighted by Crippen LogP contribution is -2.46. The molecule has 34 heavy (non-hydrogen) atoms. The van der Waals surface area contributed by atoms with Gasteiger partial charge in [-0.05, 0) is 55.9 Å². The number of rotatable bonds is 8. The molecule has 2 aromatic heterocycles. The molecular formula is C26H30N4O3S. The molecule has 1 aliphatic heterocycles. The van der Waals surface area contributed by atoms with E-state index in [0.717, 1.165) is 67.0 Å². The Bertz CT molecular complexity index is 1090. The number of pyridine rings is 1. The van der Waals surface area contributed by atoms with Crippen LogP contribution in [0.2, 0.25) is 0 Å². The molecule has 178 valence electrons. The Morgan fingerprint density at radius 3 is 2.74 bits per heavy atom. The summed E-state index contributed by atoms with van der Waals surface area (Å²) in [6.45, 7) is 2.71. The third kappa shape index (κ3) is 5.67. The smallest absolute Gasteiger partial charge is 0.410 e. The first kappa shape index (κ1) is 22.7. The van der Waals surface area contributed by atoms with Gasteiger partial charge in [-0.3, -0.25) is 0 Å². The molecule has 0 atom stereocenters. The molecule has 8 heteroatoms. The maximum atomic E-state index is 12.4. The molecule has 1 amide bonds. The van der Waals surface area contributed by atoms with Crippen LogP contribution in [0.4, 0.5) is 10.6 Å². The van der Waals surface area contributed by atoms with Crippen molar-refractivity contribution in [3.8, 4) is 17.0 Å². The van der Waals surface area contributed by atoms with Crippen molar-refractivity contribution in [2.45, 2.75) is 38.3 Å². The Kier molecular flexibility index (Phi) is 6.94. The van der Waals surface area contributed by atoms with Crippen LogP contribution in [0.5, 0.6) is 5.75 Å². The Hall–Kier alpha value is -3.13. The summed E-state index contributed by atoms with van der Waals surface area (Å²) in [6.07, 6.45) is 4.01. The monoisotopic (exact) mass is 478 g/mol. The standard InChI is InChI=1S/C26H30N4O3S/c1-29(26(31)33-16-21-17-34-18-27-21)22-10-12-30(13-11-22)25-7-3-6-24(28-25)20-4-2-5-23(14-20)32-15-19-8-9-19/h2-7,14,17-19,22H,8-13,15-16H2,1H3. The molecule has 1 aliphatic carbocycles. The lowest BCUT2D eigenvalue weighted by molar-refractivity contribution is 0.0854. The quantitative estimate of drug-likeness (QED) is 0.442. The van der Waals surface area contributed by atoms with Gasteiger partial charge < -0.3 is 19.3 Å². The molecule has 3 heterocycles. The van der Waals surface area contributed by atoms with Crippen molar-refractivity contribution in [3.05, 3.63) is 59.0 Å². The molecule has 7 nitrogen and oxygen atoms in total. The zero-order chi connectivity index (χ0) is 23.3. The second-order valence-corrected chi connectivity index (χ2v) is 9.75. The Balaban J connectivity index is 1.16. The molecule has 2 fully saturated rings. The highest BCUT2D eigenvalue weighted by Crippen LogP contribution is 2.31. The van der Waals surface area contributed by atoms with Crippen LogP contribution in [0.15, 0.2) is 53.4 Å². The lowest BCUT2D eigenvalue weighted by Gasteiger charge is -2.36. The minimum Gasteiger partial charge on any atom is -0.493 e. The highest BCUT2D eigenvalue weighted by atomic mass is 32.1. The molecule has 0 N–H and O–H groups in total. The fourth-order valence-electron chi connectivity index (χ4n) is 4.18. The van der Waals surface area contributed by atoms with Crippen molar-refractivity contribution >= 4 is 23.2 Å². The number of carbonyl (C=O) groups excluding carboxylic acids is 1. The van der Waals surface area contributed by atoms with Crippen LogP contribution in [0.3, 0.4) is 0 Å². The minimum absolute atomic E-state index is 0.155. The topological polar surface area (TPSA) is 67.8 Å². The molecule has 0 bridgehead atoms. The van der Waals surface area contributed by atoms with Crippen LogP contribution >= 0.6 is 11.3 Å². The van der Waals surface area contributed by atoms with Gasteiger partial charge in [0.05, 0.1) is 23.5 Å². The summed E-state index contributed by atoms with van der Waals surface area (Å²) < 4.78 is 11.4. The average Bonchev–Trinajstić information content (AvgIpc) is 3.58.